The summed E-state index contributed by atoms with van der Waals surface area (Å²) in [6, 6.07) is 9.86. The molecule has 0 saturated heterocycles. The second-order valence-electron chi connectivity index (χ2n) is 6.37. The summed E-state index contributed by atoms with van der Waals surface area (Å²) in [5.74, 6) is 1.78. The maximum Gasteiger partial charge on any atom is 0.178 e. The molecular weight excluding hydrogens is 284 g/mol. The summed E-state index contributed by atoms with van der Waals surface area (Å²) < 4.78 is 12.1. The van der Waals surface area contributed by atoms with Crippen molar-refractivity contribution in [2.24, 2.45) is 11.8 Å². The largest absolute Gasteiger partial charge is 0.486 e. The zero-order valence-corrected chi connectivity index (χ0v) is 14.7. The Morgan fingerprint density at radius 2 is 1.67 bits per heavy atom. The summed E-state index contributed by atoms with van der Waals surface area (Å²) in [6.07, 6.45) is 1.47. The molecule has 0 bridgehead atoms. The Labute approximate surface area is 134 Å². The van der Waals surface area contributed by atoms with Crippen molar-refractivity contribution in [1.82, 2.24) is 0 Å². The molecule has 0 aliphatic carbocycles. The van der Waals surface area contributed by atoms with Gasteiger partial charge in [-0.05, 0) is 43.7 Å². The van der Waals surface area contributed by atoms with Crippen LogP contribution in [-0.4, -0.2) is 17.8 Å². The molecule has 21 heavy (non-hydrogen) atoms. The van der Waals surface area contributed by atoms with Crippen LogP contribution in [0.25, 0.3) is 0 Å². The van der Waals surface area contributed by atoms with E-state index in [9.17, 15) is 0 Å². The zero-order valence-electron chi connectivity index (χ0n) is 13.9. The molecular formula is C18H29ClO2. The van der Waals surface area contributed by atoms with Crippen LogP contribution >= 0.6 is 11.6 Å². The van der Waals surface area contributed by atoms with E-state index in [1.807, 2.05) is 37.3 Å². The highest BCUT2D eigenvalue weighted by Crippen LogP contribution is 2.35. The van der Waals surface area contributed by atoms with Gasteiger partial charge in [-0.1, -0.05) is 57.5 Å². The van der Waals surface area contributed by atoms with E-state index in [2.05, 4.69) is 27.7 Å². The molecule has 2 unspecified atom stereocenters. The number of para-hydroxylation sites is 1. The third-order valence-electron chi connectivity index (χ3n) is 3.26. The van der Waals surface area contributed by atoms with Gasteiger partial charge in [0.1, 0.15) is 11.9 Å². The Morgan fingerprint density at radius 1 is 1.05 bits per heavy atom. The minimum atomic E-state index is -0.775. The van der Waals surface area contributed by atoms with Crippen molar-refractivity contribution in [3.63, 3.8) is 0 Å². The van der Waals surface area contributed by atoms with Crippen molar-refractivity contribution >= 4 is 11.6 Å². The van der Waals surface area contributed by atoms with Gasteiger partial charge < -0.3 is 9.47 Å². The van der Waals surface area contributed by atoms with Crippen molar-refractivity contribution in [2.45, 2.75) is 58.6 Å². The number of benzene rings is 1. The molecule has 0 saturated carbocycles. The molecule has 0 aliphatic rings. The summed E-state index contributed by atoms with van der Waals surface area (Å²) in [5.41, 5.74) is 0. The predicted molar refractivity (Wildman–Crippen MR) is 90.0 cm³/mol. The number of halogens is 1. The molecule has 3 heteroatoms. The summed E-state index contributed by atoms with van der Waals surface area (Å²) >= 11 is 6.85. The van der Waals surface area contributed by atoms with Crippen molar-refractivity contribution in [3.8, 4) is 5.75 Å². The Morgan fingerprint density at radius 3 is 2.14 bits per heavy atom. The fourth-order valence-corrected chi connectivity index (χ4v) is 3.03. The average molecular weight is 313 g/mol. The van der Waals surface area contributed by atoms with Crippen LogP contribution in [0.2, 0.25) is 0 Å². The van der Waals surface area contributed by atoms with Crippen molar-refractivity contribution < 1.29 is 9.47 Å². The first-order chi connectivity index (χ1) is 9.87. The van der Waals surface area contributed by atoms with Crippen LogP contribution in [-0.2, 0) is 4.74 Å². The Balaban J connectivity index is 2.96. The van der Waals surface area contributed by atoms with Gasteiger partial charge in [0.25, 0.3) is 0 Å². The molecule has 0 aromatic heterocycles. The first kappa shape index (κ1) is 18.3. The minimum Gasteiger partial charge on any atom is -0.486 e. The van der Waals surface area contributed by atoms with Gasteiger partial charge in [-0.25, -0.2) is 0 Å². The van der Waals surface area contributed by atoms with Crippen LogP contribution < -0.4 is 4.74 Å². The number of rotatable bonds is 9. The van der Waals surface area contributed by atoms with Gasteiger partial charge in [0, 0.05) is 6.61 Å². The molecule has 0 radical (unpaired) electrons. The number of hydrogen-bond donors (Lipinski definition) is 0. The number of hydrogen-bond acceptors (Lipinski definition) is 2. The van der Waals surface area contributed by atoms with Crippen molar-refractivity contribution in [2.75, 3.05) is 6.61 Å². The second-order valence-corrected chi connectivity index (χ2v) is 7.01. The molecule has 0 fully saturated rings. The SMILES string of the molecule is CCOC(Cl)(CC(C)C)C(CC(C)C)Oc1ccccc1. The van der Waals surface area contributed by atoms with Crippen LogP contribution in [0, 0.1) is 11.8 Å². The lowest BCUT2D eigenvalue weighted by Crippen LogP contribution is -2.45. The van der Waals surface area contributed by atoms with Crippen LogP contribution in [0.1, 0.15) is 47.5 Å². The molecule has 1 rings (SSSR count). The van der Waals surface area contributed by atoms with E-state index >= 15 is 0 Å². The third-order valence-corrected chi connectivity index (χ3v) is 3.77. The van der Waals surface area contributed by atoms with Gasteiger partial charge in [0.05, 0.1) is 0 Å². The first-order valence-electron chi connectivity index (χ1n) is 7.92. The van der Waals surface area contributed by atoms with E-state index in [4.69, 9.17) is 21.1 Å². The van der Waals surface area contributed by atoms with E-state index in [-0.39, 0.29) is 6.10 Å². The van der Waals surface area contributed by atoms with E-state index in [0.29, 0.717) is 18.4 Å². The minimum absolute atomic E-state index is 0.163. The fraction of sp³-hybridized carbons (Fsp3) is 0.667. The molecule has 120 valence electrons. The highest BCUT2D eigenvalue weighted by atomic mass is 35.5. The van der Waals surface area contributed by atoms with Gasteiger partial charge in [-0.3, -0.25) is 0 Å². The highest BCUT2D eigenvalue weighted by molar-refractivity contribution is 6.23. The van der Waals surface area contributed by atoms with E-state index in [1.54, 1.807) is 0 Å². The average Bonchev–Trinajstić information content (AvgIpc) is 2.38. The smallest absolute Gasteiger partial charge is 0.178 e. The molecule has 0 heterocycles. The van der Waals surface area contributed by atoms with Crippen molar-refractivity contribution in [3.05, 3.63) is 30.3 Å². The third kappa shape index (κ3) is 6.27. The fourth-order valence-electron chi connectivity index (χ4n) is 2.48. The Kier molecular flexibility index (Phi) is 7.55. The van der Waals surface area contributed by atoms with Gasteiger partial charge in [0.15, 0.2) is 5.06 Å². The highest BCUT2D eigenvalue weighted by Gasteiger charge is 2.40. The van der Waals surface area contributed by atoms with E-state index in [0.717, 1.165) is 18.6 Å². The molecule has 0 aliphatic heterocycles. The molecule has 1 aromatic rings. The lowest BCUT2D eigenvalue weighted by atomic mass is 9.94. The maximum absolute atomic E-state index is 6.85. The van der Waals surface area contributed by atoms with Crippen LogP contribution in [0.15, 0.2) is 30.3 Å². The topological polar surface area (TPSA) is 18.5 Å². The second kappa shape index (κ2) is 8.65. The summed E-state index contributed by atoms with van der Waals surface area (Å²) in [6.45, 7) is 11.2. The van der Waals surface area contributed by atoms with Gasteiger partial charge >= 0.3 is 0 Å². The van der Waals surface area contributed by atoms with E-state index < -0.39 is 5.06 Å². The maximum atomic E-state index is 6.85. The Bertz CT molecular complexity index is 391. The zero-order chi connectivity index (χ0) is 15.9. The normalized spacial score (nSPS) is 16.0. The molecule has 2 nitrogen and oxygen atoms in total. The van der Waals surface area contributed by atoms with Crippen LogP contribution in [0.5, 0.6) is 5.75 Å². The van der Waals surface area contributed by atoms with Crippen molar-refractivity contribution in [1.29, 1.82) is 0 Å². The summed E-state index contributed by atoms with van der Waals surface area (Å²) in [5, 5.41) is -0.775. The molecule has 0 amide bonds. The van der Waals surface area contributed by atoms with Crippen LogP contribution in [0.3, 0.4) is 0 Å². The number of ether oxygens (including phenoxy) is 2. The quantitative estimate of drug-likeness (QED) is 0.561. The predicted octanol–water partition coefficient (Wildman–Crippen LogP) is 5.50. The summed E-state index contributed by atoms with van der Waals surface area (Å²) in [7, 11) is 0. The van der Waals surface area contributed by atoms with Crippen LogP contribution in [0.4, 0.5) is 0 Å². The molecule has 0 spiro atoms. The van der Waals surface area contributed by atoms with Gasteiger partial charge in [-0.2, -0.15) is 0 Å². The molecule has 1 aromatic carbocycles. The van der Waals surface area contributed by atoms with Gasteiger partial charge in [-0.15, -0.1) is 0 Å². The lowest BCUT2D eigenvalue weighted by molar-refractivity contribution is -0.0697. The lowest BCUT2D eigenvalue weighted by Gasteiger charge is -2.37. The molecule has 0 N–H and O–H groups in total. The summed E-state index contributed by atoms with van der Waals surface area (Å²) in [4.78, 5) is 0. The standard InChI is InChI=1S/C18H29ClO2/c1-6-20-18(19,13-15(4)5)17(12-14(2)3)21-16-10-8-7-9-11-16/h7-11,14-15,17H,6,12-13H2,1-5H3. The molecule has 2 atom stereocenters. The monoisotopic (exact) mass is 312 g/mol. The Hall–Kier alpha value is -0.730. The van der Waals surface area contributed by atoms with E-state index in [1.165, 1.54) is 0 Å². The van der Waals surface area contributed by atoms with Gasteiger partial charge in [0.2, 0.25) is 0 Å². The number of alkyl halides is 1. The first-order valence-corrected chi connectivity index (χ1v) is 8.29.